The van der Waals surface area contributed by atoms with Crippen LogP contribution < -0.4 is 10.1 Å². The molecule has 0 spiro atoms. The van der Waals surface area contributed by atoms with Crippen LogP contribution in [0.1, 0.15) is 0 Å². The molecule has 1 amide bonds. The smallest absolute Gasteiger partial charge is 0.262 e. The number of benzene rings is 2. The van der Waals surface area contributed by atoms with Crippen molar-refractivity contribution in [2.75, 3.05) is 11.9 Å². The summed E-state index contributed by atoms with van der Waals surface area (Å²) in [7, 11) is 0. The lowest BCUT2D eigenvalue weighted by atomic mass is 10.3. The zero-order valence-corrected chi connectivity index (χ0v) is 12.1. The number of hydrogen-bond acceptors (Lipinski definition) is 3. The number of halogens is 1. The van der Waals surface area contributed by atoms with E-state index >= 15 is 0 Å². The third-order valence-corrected chi connectivity index (χ3v) is 3.03. The van der Waals surface area contributed by atoms with Gasteiger partial charge in [-0.2, -0.15) is 0 Å². The van der Waals surface area contributed by atoms with Gasteiger partial charge in [0.2, 0.25) is 0 Å². The minimum Gasteiger partial charge on any atom is -0.508 e. The first-order valence-electron chi connectivity index (χ1n) is 5.61. The van der Waals surface area contributed by atoms with Gasteiger partial charge in [-0.25, -0.2) is 0 Å². The van der Waals surface area contributed by atoms with E-state index in [1.807, 2.05) is 24.3 Å². The first-order valence-corrected chi connectivity index (χ1v) is 6.68. The lowest BCUT2D eigenvalue weighted by Gasteiger charge is -2.07. The second kappa shape index (κ2) is 6.42. The number of carbonyl (C=O) groups excluding carboxylic acids is 1. The highest BCUT2D eigenvalue weighted by Gasteiger charge is 2.04. The highest BCUT2D eigenvalue weighted by atomic mass is 127. The summed E-state index contributed by atoms with van der Waals surface area (Å²) in [5.41, 5.74) is 0.538. The van der Waals surface area contributed by atoms with Gasteiger partial charge in [0, 0.05) is 15.3 Å². The molecule has 2 aromatic rings. The van der Waals surface area contributed by atoms with E-state index in [-0.39, 0.29) is 18.3 Å². The Morgan fingerprint density at radius 2 is 1.95 bits per heavy atom. The molecule has 2 rings (SSSR count). The largest absolute Gasteiger partial charge is 0.508 e. The van der Waals surface area contributed by atoms with Crippen LogP contribution in [0.2, 0.25) is 0 Å². The van der Waals surface area contributed by atoms with Gasteiger partial charge in [0.15, 0.2) is 6.61 Å². The standard InChI is InChI=1S/C14H12INO3/c15-10-4-6-13(7-5-10)19-9-14(18)16-11-2-1-3-12(17)8-11/h1-8,17H,9H2,(H,16,18). The lowest BCUT2D eigenvalue weighted by molar-refractivity contribution is -0.118. The van der Waals surface area contributed by atoms with Gasteiger partial charge < -0.3 is 15.2 Å². The van der Waals surface area contributed by atoms with Crippen molar-refractivity contribution < 1.29 is 14.6 Å². The number of ether oxygens (including phenoxy) is 1. The SMILES string of the molecule is O=C(COc1ccc(I)cc1)Nc1cccc(O)c1. The third kappa shape index (κ3) is 4.44. The van der Waals surface area contributed by atoms with Crippen LogP contribution in [0, 0.1) is 3.57 Å². The zero-order valence-electron chi connectivity index (χ0n) is 9.97. The number of nitrogens with one attached hydrogen (secondary N) is 1. The Labute approximate surface area is 124 Å². The van der Waals surface area contributed by atoms with Gasteiger partial charge in [-0.15, -0.1) is 0 Å². The summed E-state index contributed by atoms with van der Waals surface area (Å²) >= 11 is 2.20. The highest BCUT2D eigenvalue weighted by molar-refractivity contribution is 14.1. The van der Waals surface area contributed by atoms with Gasteiger partial charge in [0.25, 0.3) is 5.91 Å². The molecule has 0 aliphatic rings. The molecule has 0 radical (unpaired) electrons. The van der Waals surface area contributed by atoms with E-state index in [1.165, 1.54) is 12.1 Å². The summed E-state index contributed by atoms with van der Waals surface area (Å²) in [5.74, 6) is 0.479. The van der Waals surface area contributed by atoms with Crippen molar-refractivity contribution >= 4 is 34.2 Å². The second-order valence-corrected chi connectivity index (χ2v) is 5.09. The minimum atomic E-state index is -0.274. The van der Waals surface area contributed by atoms with Crippen LogP contribution in [-0.4, -0.2) is 17.6 Å². The average Bonchev–Trinajstić information content (AvgIpc) is 2.38. The fourth-order valence-electron chi connectivity index (χ4n) is 1.46. The van der Waals surface area contributed by atoms with E-state index in [4.69, 9.17) is 4.74 Å². The topological polar surface area (TPSA) is 58.6 Å². The van der Waals surface area contributed by atoms with Crippen LogP contribution >= 0.6 is 22.6 Å². The van der Waals surface area contributed by atoms with E-state index in [0.29, 0.717) is 11.4 Å². The number of aromatic hydroxyl groups is 1. The minimum absolute atomic E-state index is 0.0732. The number of carbonyl (C=O) groups is 1. The number of phenolic OH excluding ortho intramolecular Hbond substituents is 1. The van der Waals surface area contributed by atoms with Crippen LogP contribution in [-0.2, 0) is 4.79 Å². The van der Waals surface area contributed by atoms with E-state index in [0.717, 1.165) is 3.57 Å². The van der Waals surface area contributed by atoms with Crippen molar-refractivity contribution in [2.24, 2.45) is 0 Å². The monoisotopic (exact) mass is 369 g/mol. The van der Waals surface area contributed by atoms with Crippen LogP contribution in [0.25, 0.3) is 0 Å². The fraction of sp³-hybridized carbons (Fsp3) is 0.0714. The summed E-state index contributed by atoms with van der Waals surface area (Å²) in [6.45, 7) is -0.0732. The van der Waals surface area contributed by atoms with Crippen LogP contribution in [0.15, 0.2) is 48.5 Å². The van der Waals surface area contributed by atoms with E-state index < -0.39 is 0 Å². The summed E-state index contributed by atoms with van der Waals surface area (Å²) in [5, 5.41) is 11.9. The number of hydrogen-bond donors (Lipinski definition) is 2. The van der Waals surface area contributed by atoms with Gasteiger partial charge in [-0.1, -0.05) is 6.07 Å². The van der Waals surface area contributed by atoms with E-state index in [9.17, 15) is 9.90 Å². The maximum absolute atomic E-state index is 11.6. The predicted octanol–water partition coefficient (Wildman–Crippen LogP) is 3.01. The molecule has 0 aromatic heterocycles. The van der Waals surface area contributed by atoms with Crippen molar-refractivity contribution in [1.82, 2.24) is 0 Å². The Balaban J connectivity index is 1.86. The molecule has 0 saturated heterocycles. The molecule has 0 unspecified atom stereocenters. The van der Waals surface area contributed by atoms with Crippen LogP contribution in [0.4, 0.5) is 5.69 Å². The molecule has 0 heterocycles. The molecule has 0 atom stereocenters. The molecule has 2 N–H and O–H groups in total. The summed E-state index contributed by atoms with van der Waals surface area (Å²) in [6, 6.07) is 13.8. The molecule has 19 heavy (non-hydrogen) atoms. The molecule has 98 valence electrons. The van der Waals surface area contributed by atoms with Crippen molar-refractivity contribution in [3.8, 4) is 11.5 Å². The molecule has 0 aliphatic heterocycles. The molecule has 0 bridgehead atoms. The molecule has 2 aromatic carbocycles. The van der Waals surface area contributed by atoms with E-state index in [1.54, 1.807) is 12.1 Å². The number of anilines is 1. The molecule has 0 fully saturated rings. The highest BCUT2D eigenvalue weighted by Crippen LogP contribution is 2.16. The van der Waals surface area contributed by atoms with Gasteiger partial charge in [-0.3, -0.25) is 4.79 Å². The van der Waals surface area contributed by atoms with Crippen LogP contribution in [0.5, 0.6) is 11.5 Å². The molecule has 5 heteroatoms. The Hall–Kier alpha value is -1.76. The van der Waals surface area contributed by atoms with Crippen molar-refractivity contribution in [2.45, 2.75) is 0 Å². The third-order valence-electron chi connectivity index (χ3n) is 2.31. The quantitative estimate of drug-likeness (QED) is 0.815. The average molecular weight is 369 g/mol. The van der Waals surface area contributed by atoms with Gasteiger partial charge in [-0.05, 0) is 59.0 Å². The number of amides is 1. The first kappa shape index (κ1) is 13.7. The zero-order chi connectivity index (χ0) is 13.7. The lowest BCUT2D eigenvalue weighted by Crippen LogP contribution is -2.20. The summed E-state index contributed by atoms with van der Waals surface area (Å²) in [6.07, 6.45) is 0. The van der Waals surface area contributed by atoms with Crippen LogP contribution in [0.3, 0.4) is 0 Å². The Bertz CT molecular complexity index is 569. The van der Waals surface area contributed by atoms with Gasteiger partial charge in [0.1, 0.15) is 11.5 Å². The molecular weight excluding hydrogens is 357 g/mol. The Morgan fingerprint density at radius 1 is 1.21 bits per heavy atom. The van der Waals surface area contributed by atoms with Crippen molar-refractivity contribution in [1.29, 1.82) is 0 Å². The fourth-order valence-corrected chi connectivity index (χ4v) is 1.82. The Morgan fingerprint density at radius 3 is 2.63 bits per heavy atom. The molecule has 4 nitrogen and oxygen atoms in total. The molecule has 0 saturated carbocycles. The molecular formula is C14H12INO3. The maximum Gasteiger partial charge on any atom is 0.262 e. The number of phenols is 1. The number of rotatable bonds is 4. The van der Waals surface area contributed by atoms with Gasteiger partial charge in [0.05, 0.1) is 0 Å². The normalized spacial score (nSPS) is 9.95. The summed E-state index contributed by atoms with van der Waals surface area (Å²) < 4.78 is 6.45. The molecule has 0 aliphatic carbocycles. The Kier molecular flexibility index (Phi) is 4.62. The first-order chi connectivity index (χ1) is 9.13. The predicted molar refractivity (Wildman–Crippen MR) is 81.4 cm³/mol. The van der Waals surface area contributed by atoms with E-state index in [2.05, 4.69) is 27.9 Å². The van der Waals surface area contributed by atoms with Gasteiger partial charge >= 0.3 is 0 Å². The summed E-state index contributed by atoms with van der Waals surface area (Å²) in [4.78, 5) is 11.6. The maximum atomic E-state index is 11.6. The second-order valence-electron chi connectivity index (χ2n) is 3.84. The van der Waals surface area contributed by atoms with Crippen molar-refractivity contribution in [3.05, 3.63) is 52.1 Å². The van der Waals surface area contributed by atoms with Crippen molar-refractivity contribution in [3.63, 3.8) is 0 Å².